The minimum absolute atomic E-state index is 0.00521. The number of para-hydroxylation sites is 1. The Morgan fingerprint density at radius 2 is 2.00 bits per heavy atom. The first-order valence-corrected chi connectivity index (χ1v) is 7.57. The molecule has 0 aliphatic heterocycles. The van der Waals surface area contributed by atoms with E-state index in [1.54, 1.807) is 12.3 Å². The number of nitrogens with zero attached hydrogens (tertiary/aromatic N) is 2. The van der Waals surface area contributed by atoms with Gasteiger partial charge < -0.3 is 10.0 Å². The molecule has 1 fully saturated rings. The van der Waals surface area contributed by atoms with Gasteiger partial charge in [-0.15, -0.1) is 0 Å². The van der Waals surface area contributed by atoms with Crippen molar-refractivity contribution in [3.8, 4) is 0 Å². The van der Waals surface area contributed by atoms with E-state index in [0.717, 1.165) is 36.6 Å². The molecule has 1 aromatic carbocycles. The number of pyridine rings is 1. The van der Waals surface area contributed by atoms with Gasteiger partial charge in [0, 0.05) is 24.2 Å². The van der Waals surface area contributed by atoms with E-state index in [2.05, 4.69) is 4.98 Å². The third kappa shape index (κ3) is 2.76. The van der Waals surface area contributed by atoms with Gasteiger partial charge >= 0.3 is 0 Å². The average molecular weight is 284 g/mol. The van der Waals surface area contributed by atoms with Crippen LogP contribution in [0.15, 0.2) is 36.5 Å². The van der Waals surface area contributed by atoms with Gasteiger partial charge in [0.1, 0.15) is 0 Å². The highest BCUT2D eigenvalue weighted by Gasteiger charge is 2.27. The third-order valence-electron chi connectivity index (χ3n) is 4.25. The molecule has 0 radical (unpaired) electrons. The fourth-order valence-corrected chi connectivity index (χ4v) is 3.21. The molecule has 1 N–H and O–H groups in total. The number of benzene rings is 1. The molecule has 1 aliphatic rings. The Morgan fingerprint density at radius 3 is 2.76 bits per heavy atom. The summed E-state index contributed by atoms with van der Waals surface area (Å²) in [4.78, 5) is 19.1. The summed E-state index contributed by atoms with van der Waals surface area (Å²) >= 11 is 0. The molecule has 4 heteroatoms. The number of amides is 1. The van der Waals surface area contributed by atoms with Crippen LogP contribution in [0.2, 0.25) is 0 Å². The first-order chi connectivity index (χ1) is 10.3. The number of fused-ring (bicyclic) bond motifs is 1. The van der Waals surface area contributed by atoms with Crippen LogP contribution in [0, 0.1) is 0 Å². The van der Waals surface area contributed by atoms with E-state index in [-0.39, 0.29) is 18.6 Å². The van der Waals surface area contributed by atoms with E-state index in [4.69, 9.17) is 0 Å². The van der Waals surface area contributed by atoms with Gasteiger partial charge in [-0.2, -0.15) is 0 Å². The topological polar surface area (TPSA) is 53.4 Å². The lowest BCUT2D eigenvalue weighted by Crippen LogP contribution is -2.40. The Balaban J connectivity index is 1.97. The number of aliphatic hydroxyl groups is 1. The highest BCUT2D eigenvalue weighted by atomic mass is 16.3. The lowest BCUT2D eigenvalue weighted by atomic mass is 10.1. The Hall–Kier alpha value is -1.94. The summed E-state index contributed by atoms with van der Waals surface area (Å²) in [5.74, 6) is 0.00884. The molecule has 1 aliphatic carbocycles. The van der Waals surface area contributed by atoms with E-state index >= 15 is 0 Å². The van der Waals surface area contributed by atoms with Crippen LogP contribution in [0.3, 0.4) is 0 Å². The van der Waals surface area contributed by atoms with Crippen molar-refractivity contribution in [2.45, 2.75) is 31.7 Å². The number of hydrogen-bond donors (Lipinski definition) is 1. The fraction of sp³-hybridized carbons (Fsp3) is 0.412. The second kappa shape index (κ2) is 6.22. The molecule has 2 aromatic rings. The second-order valence-electron chi connectivity index (χ2n) is 5.54. The van der Waals surface area contributed by atoms with Crippen molar-refractivity contribution < 1.29 is 9.90 Å². The zero-order valence-electron chi connectivity index (χ0n) is 12.0. The van der Waals surface area contributed by atoms with Crippen LogP contribution in [0.4, 0.5) is 0 Å². The summed E-state index contributed by atoms with van der Waals surface area (Å²) in [6.45, 7) is 0.408. The summed E-state index contributed by atoms with van der Waals surface area (Å²) in [6, 6.07) is 9.74. The maximum absolute atomic E-state index is 12.9. The van der Waals surface area contributed by atoms with Crippen LogP contribution < -0.4 is 0 Å². The van der Waals surface area contributed by atoms with Gasteiger partial charge in [-0.3, -0.25) is 9.78 Å². The van der Waals surface area contributed by atoms with Crippen molar-refractivity contribution in [3.63, 3.8) is 0 Å². The number of rotatable bonds is 4. The Bertz CT molecular complexity index is 630. The number of hydrogen-bond acceptors (Lipinski definition) is 3. The van der Waals surface area contributed by atoms with Crippen molar-refractivity contribution in [2.75, 3.05) is 13.2 Å². The monoisotopic (exact) mass is 284 g/mol. The molecule has 3 rings (SSSR count). The summed E-state index contributed by atoms with van der Waals surface area (Å²) in [5.41, 5.74) is 1.51. The quantitative estimate of drug-likeness (QED) is 0.939. The highest BCUT2D eigenvalue weighted by molar-refractivity contribution is 6.06. The maximum Gasteiger partial charge on any atom is 0.254 e. The number of aromatic nitrogens is 1. The molecule has 110 valence electrons. The SMILES string of the molecule is O=C(c1ccnc2ccccc12)N(CCO)C1CCCC1. The predicted molar refractivity (Wildman–Crippen MR) is 82.1 cm³/mol. The zero-order valence-corrected chi connectivity index (χ0v) is 12.0. The molecule has 21 heavy (non-hydrogen) atoms. The van der Waals surface area contributed by atoms with Gasteiger partial charge in [0.25, 0.3) is 5.91 Å². The van der Waals surface area contributed by atoms with Crippen molar-refractivity contribution in [1.82, 2.24) is 9.88 Å². The summed E-state index contributed by atoms with van der Waals surface area (Å²) in [5, 5.41) is 10.2. The van der Waals surface area contributed by atoms with Crippen LogP contribution in [-0.2, 0) is 0 Å². The molecule has 0 bridgehead atoms. The van der Waals surface area contributed by atoms with E-state index < -0.39 is 0 Å². The summed E-state index contributed by atoms with van der Waals surface area (Å²) in [7, 11) is 0. The molecular weight excluding hydrogens is 264 g/mol. The normalized spacial score (nSPS) is 15.5. The predicted octanol–water partition coefficient (Wildman–Crippen LogP) is 2.61. The first-order valence-electron chi connectivity index (χ1n) is 7.57. The largest absolute Gasteiger partial charge is 0.395 e. The third-order valence-corrected chi connectivity index (χ3v) is 4.25. The van der Waals surface area contributed by atoms with Crippen molar-refractivity contribution in [1.29, 1.82) is 0 Å². The van der Waals surface area contributed by atoms with E-state index in [1.165, 1.54) is 0 Å². The van der Waals surface area contributed by atoms with Crippen LogP contribution in [0.1, 0.15) is 36.0 Å². The molecule has 0 saturated heterocycles. The van der Waals surface area contributed by atoms with Gasteiger partial charge in [-0.25, -0.2) is 0 Å². The van der Waals surface area contributed by atoms with Crippen LogP contribution >= 0.6 is 0 Å². The maximum atomic E-state index is 12.9. The Kier molecular flexibility index (Phi) is 4.15. The van der Waals surface area contributed by atoms with E-state index in [9.17, 15) is 9.90 Å². The molecule has 1 amide bonds. The lowest BCUT2D eigenvalue weighted by Gasteiger charge is -2.28. The molecule has 0 atom stereocenters. The molecular formula is C17H20N2O2. The minimum atomic E-state index is 0.00521. The first kappa shape index (κ1) is 14.0. The van der Waals surface area contributed by atoms with Gasteiger partial charge in [-0.1, -0.05) is 31.0 Å². The van der Waals surface area contributed by atoms with Crippen LogP contribution in [0.25, 0.3) is 10.9 Å². The van der Waals surface area contributed by atoms with Gasteiger partial charge in [0.2, 0.25) is 0 Å². The van der Waals surface area contributed by atoms with Gasteiger partial charge in [0.05, 0.1) is 17.7 Å². The molecule has 1 aromatic heterocycles. The van der Waals surface area contributed by atoms with Crippen molar-refractivity contribution in [2.24, 2.45) is 0 Å². The van der Waals surface area contributed by atoms with Crippen molar-refractivity contribution >= 4 is 16.8 Å². The van der Waals surface area contributed by atoms with E-state index in [0.29, 0.717) is 12.1 Å². The van der Waals surface area contributed by atoms with Crippen molar-refractivity contribution in [3.05, 3.63) is 42.1 Å². The lowest BCUT2D eigenvalue weighted by molar-refractivity contribution is 0.0640. The standard InChI is InChI=1S/C17H20N2O2/c20-12-11-19(13-5-1-2-6-13)17(21)15-9-10-18-16-8-4-3-7-14(15)16/h3-4,7-10,13,20H,1-2,5-6,11-12H2. The zero-order chi connectivity index (χ0) is 14.7. The molecule has 0 unspecified atom stereocenters. The second-order valence-corrected chi connectivity index (χ2v) is 5.54. The molecule has 1 saturated carbocycles. The smallest absolute Gasteiger partial charge is 0.254 e. The Morgan fingerprint density at radius 1 is 1.24 bits per heavy atom. The summed E-state index contributed by atoms with van der Waals surface area (Å²) in [6.07, 6.45) is 6.08. The molecule has 1 heterocycles. The van der Waals surface area contributed by atoms with Crippen LogP contribution in [0.5, 0.6) is 0 Å². The highest BCUT2D eigenvalue weighted by Crippen LogP contribution is 2.26. The fourth-order valence-electron chi connectivity index (χ4n) is 3.21. The summed E-state index contributed by atoms with van der Waals surface area (Å²) < 4.78 is 0. The number of aliphatic hydroxyl groups excluding tert-OH is 1. The van der Waals surface area contributed by atoms with E-state index in [1.807, 2.05) is 29.2 Å². The molecule has 4 nitrogen and oxygen atoms in total. The number of carbonyl (C=O) groups is 1. The molecule has 0 spiro atoms. The minimum Gasteiger partial charge on any atom is -0.395 e. The Labute approximate surface area is 124 Å². The van der Waals surface area contributed by atoms with Gasteiger partial charge in [-0.05, 0) is 25.0 Å². The average Bonchev–Trinajstić information content (AvgIpc) is 3.05. The van der Waals surface area contributed by atoms with Crippen LogP contribution in [-0.4, -0.2) is 40.1 Å². The number of carbonyl (C=O) groups excluding carboxylic acids is 1. The van der Waals surface area contributed by atoms with Gasteiger partial charge in [0.15, 0.2) is 0 Å².